The van der Waals surface area contributed by atoms with Crippen molar-refractivity contribution >= 4 is 11.9 Å². The van der Waals surface area contributed by atoms with Crippen molar-refractivity contribution in [2.75, 3.05) is 12.3 Å². The summed E-state index contributed by atoms with van der Waals surface area (Å²) in [4.78, 5) is 15.0. The van der Waals surface area contributed by atoms with E-state index < -0.39 is 6.09 Å². The molecule has 0 aliphatic heterocycles. The summed E-state index contributed by atoms with van der Waals surface area (Å²) in [5, 5.41) is 0. The molecule has 66 valence electrons. The van der Waals surface area contributed by atoms with Gasteiger partial charge < -0.3 is 10.5 Å². The molecule has 0 aliphatic rings. The van der Waals surface area contributed by atoms with Crippen LogP contribution in [-0.4, -0.2) is 22.3 Å². The average Bonchev–Trinajstić information content (AvgIpc) is 2.30. The number of nitrogens with two attached hydrogens (primary N) is 1. The molecule has 5 nitrogen and oxygen atoms in total. The van der Waals surface area contributed by atoms with Crippen LogP contribution in [0.3, 0.4) is 0 Å². The average molecular weight is 169 g/mol. The number of nitrogen functional groups attached to an aromatic ring is 1. The Morgan fingerprint density at radius 1 is 1.83 bits per heavy atom. The third-order valence-electron chi connectivity index (χ3n) is 1.37. The normalized spacial score (nSPS) is 9.83. The van der Waals surface area contributed by atoms with Crippen LogP contribution in [0.15, 0.2) is 6.20 Å². The highest BCUT2D eigenvalue weighted by molar-refractivity contribution is 5.71. The van der Waals surface area contributed by atoms with Gasteiger partial charge in [0.05, 0.1) is 12.8 Å². The first-order valence-electron chi connectivity index (χ1n) is 3.63. The molecule has 5 heteroatoms. The second kappa shape index (κ2) is 3.25. The summed E-state index contributed by atoms with van der Waals surface area (Å²) in [6, 6.07) is 0. The Morgan fingerprint density at radius 3 is 2.92 bits per heavy atom. The van der Waals surface area contributed by atoms with Crippen molar-refractivity contribution in [3.05, 3.63) is 12.0 Å². The van der Waals surface area contributed by atoms with Crippen LogP contribution < -0.4 is 5.73 Å². The van der Waals surface area contributed by atoms with E-state index in [1.54, 1.807) is 13.8 Å². The Labute approximate surface area is 70.1 Å². The fraction of sp³-hybridized carbons (Fsp3) is 0.429. The monoisotopic (exact) mass is 169 g/mol. The Kier molecular flexibility index (Phi) is 2.32. The van der Waals surface area contributed by atoms with Crippen molar-refractivity contribution in [3.63, 3.8) is 0 Å². The fourth-order valence-corrected chi connectivity index (χ4v) is 0.873. The molecular formula is C7H11N3O2. The summed E-state index contributed by atoms with van der Waals surface area (Å²) < 4.78 is 6.03. The topological polar surface area (TPSA) is 70.1 Å². The number of hydrogen-bond acceptors (Lipinski definition) is 4. The lowest BCUT2D eigenvalue weighted by molar-refractivity contribution is 0.153. The molecule has 0 bridgehead atoms. The highest BCUT2D eigenvalue weighted by Gasteiger charge is 2.09. The van der Waals surface area contributed by atoms with E-state index in [2.05, 4.69) is 4.98 Å². The molecule has 0 amide bonds. The lowest BCUT2D eigenvalue weighted by Crippen LogP contribution is -2.13. The van der Waals surface area contributed by atoms with Gasteiger partial charge in [-0.05, 0) is 13.8 Å². The first-order chi connectivity index (χ1) is 5.65. The molecule has 1 heterocycles. The molecule has 0 spiro atoms. The molecule has 1 aromatic rings. The number of aromatic nitrogens is 2. The number of rotatable bonds is 1. The number of nitrogens with zero attached hydrogens (tertiary/aromatic N) is 2. The van der Waals surface area contributed by atoms with E-state index in [0.29, 0.717) is 18.2 Å². The summed E-state index contributed by atoms with van der Waals surface area (Å²) in [6.45, 7) is 3.77. The van der Waals surface area contributed by atoms with Gasteiger partial charge in [0.1, 0.15) is 11.6 Å². The van der Waals surface area contributed by atoms with Crippen molar-refractivity contribution in [2.45, 2.75) is 13.8 Å². The van der Waals surface area contributed by atoms with E-state index in [1.165, 1.54) is 10.8 Å². The Bertz CT molecular complexity index is 293. The minimum absolute atomic E-state index is 0.320. The smallest absolute Gasteiger partial charge is 0.419 e. The maximum Gasteiger partial charge on any atom is 0.419 e. The standard InChI is InChI=1S/C7H11N3O2/c1-3-12-7(11)10-4-6(8)9-5(10)2/h4H,3,8H2,1-2H3. The van der Waals surface area contributed by atoms with Gasteiger partial charge in [0.15, 0.2) is 0 Å². The van der Waals surface area contributed by atoms with Crippen LogP contribution in [0.1, 0.15) is 12.7 Å². The van der Waals surface area contributed by atoms with Crippen LogP contribution in [0.25, 0.3) is 0 Å². The molecule has 0 unspecified atom stereocenters. The van der Waals surface area contributed by atoms with Crippen LogP contribution in [-0.2, 0) is 4.74 Å². The molecular weight excluding hydrogens is 158 g/mol. The first-order valence-corrected chi connectivity index (χ1v) is 3.63. The number of anilines is 1. The molecule has 1 aromatic heterocycles. The Morgan fingerprint density at radius 2 is 2.50 bits per heavy atom. The number of carbonyl (C=O) groups is 1. The number of hydrogen-bond donors (Lipinski definition) is 1. The first kappa shape index (κ1) is 8.58. The predicted molar refractivity (Wildman–Crippen MR) is 43.8 cm³/mol. The summed E-state index contributed by atoms with van der Waals surface area (Å²) >= 11 is 0. The minimum atomic E-state index is -0.445. The van der Waals surface area contributed by atoms with Gasteiger partial charge in [-0.25, -0.2) is 14.3 Å². The summed E-state index contributed by atoms with van der Waals surface area (Å²) in [5.41, 5.74) is 5.37. The number of carbonyl (C=O) groups excluding carboxylic acids is 1. The molecule has 0 saturated heterocycles. The Hall–Kier alpha value is -1.52. The van der Waals surface area contributed by atoms with E-state index in [4.69, 9.17) is 10.5 Å². The number of imidazole rings is 1. The molecule has 12 heavy (non-hydrogen) atoms. The zero-order chi connectivity index (χ0) is 9.14. The number of aryl methyl sites for hydroxylation is 1. The molecule has 0 aromatic carbocycles. The lowest BCUT2D eigenvalue weighted by Gasteiger charge is -2.01. The van der Waals surface area contributed by atoms with Gasteiger partial charge in [-0.3, -0.25) is 0 Å². The van der Waals surface area contributed by atoms with Crippen LogP contribution in [0.5, 0.6) is 0 Å². The molecule has 1 rings (SSSR count). The third kappa shape index (κ3) is 1.55. The van der Waals surface area contributed by atoms with Gasteiger partial charge in [0.25, 0.3) is 0 Å². The van der Waals surface area contributed by atoms with Gasteiger partial charge >= 0.3 is 6.09 Å². The SMILES string of the molecule is CCOC(=O)n1cc(N)nc1C. The molecule has 0 aliphatic carbocycles. The molecule has 0 fully saturated rings. The predicted octanol–water partition coefficient (Wildman–Crippen LogP) is 0.778. The van der Waals surface area contributed by atoms with Crippen LogP contribution in [0.4, 0.5) is 10.6 Å². The van der Waals surface area contributed by atoms with Crippen LogP contribution in [0, 0.1) is 6.92 Å². The van der Waals surface area contributed by atoms with E-state index in [1.807, 2.05) is 0 Å². The molecule has 0 atom stereocenters. The van der Waals surface area contributed by atoms with Crippen molar-refractivity contribution in [3.8, 4) is 0 Å². The zero-order valence-corrected chi connectivity index (χ0v) is 7.07. The maximum absolute atomic E-state index is 11.1. The summed E-state index contributed by atoms with van der Waals surface area (Å²) in [7, 11) is 0. The fourth-order valence-electron chi connectivity index (χ4n) is 0.873. The van der Waals surface area contributed by atoms with Gasteiger partial charge in [0.2, 0.25) is 0 Å². The van der Waals surface area contributed by atoms with E-state index in [9.17, 15) is 4.79 Å². The largest absolute Gasteiger partial charge is 0.449 e. The van der Waals surface area contributed by atoms with Crippen LogP contribution in [0.2, 0.25) is 0 Å². The number of ether oxygens (including phenoxy) is 1. The highest BCUT2D eigenvalue weighted by Crippen LogP contribution is 2.03. The van der Waals surface area contributed by atoms with E-state index in [-0.39, 0.29) is 0 Å². The Balaban J connectivity index is 2.87. The van der Waals surface area contributed by atoms with Gasteiger partial charge in [-0.15, -0.1) is 0 Å². The van der Waals surface area contributed by atoms with Crippen molar-refractivity contribution in [1.82, 2.24) is 9.55 Å². The van der Waals surface area contributed by atoms with Gasteiger partial charge in [-0.1, -0.05) is 0 Å². The summed E-state index contributed by atoms with van der Waals surface area (Å²) in [6.07, 6.45) is 0.993. The zero-order valence-electron chi connectivity index (χ0n) is 7.07. The van der Waals surface area contributed by atoms with Crippen molar-refractivity contribution < 1.29 is 9.53 Å². The van der Waals surface area contributed by atoms with Crippen LogP contribution >= 0.6 is 0 Å². The second-order valence-electron chi connectivity index (χ2n) is 2.28. The van der Waals surface area contributed by atoms with E-state index >= 15 is 0 Å². The summed E-state index contributed by atoms with van der Waals surface area (Å²) in [5.74, 6) is 0.853. The quantitative estimate of drug-likeness (QED) is 0.674. The highest BCUT2D eigenvalue weighted by atomic mass is 16.5. The molecule has 0 saturated carbocycles. The van der Waals surface area contributed by atoms with Gasteiger partial charge in [-0.2, -0.15) is 0 Å². The second-order valence-corrected chi connectivity index (χ2v) is 2.28. The minimum Gasteiger partial charge on any atom is -0.449 e. The third-order valence-corrected chi connectivity index (χ3v) is 1.37. The van der Waals surface area contributed by atoms with Crippen molar-refractivity contribution in [2.24, 2.45) is 0 Å². The lowest BCUT2D eigenvalue weighted by atomic mass is 10.7. The van der Waals surface area contributed by atoms with E-state index in [0.717, 1.165) is 0 Å². The van der Waals surface area contributed by atoms with Crippen molar-refractivity contribution in [1.29, 1.82) is 0 Å². The molecule has 2 N–H and O–H groups in total. The molecule has 0 radical (unpaired) electrons. The maximum atomic E-state index is 11.1. The van der Waals surface area contributed by atoms with Gasteiger partial charge in [0, 0.05) is 0 Å².